The van der Waals surface area contributed by atoms with Gasteiger partial charge in [-0.1, -0.05) is 25.5 Å². The zero-order valence-electron chi connectivity index (χ0n) is 13.4. The van der Waals surface area contributed by atoms with Gasteiger partial charge in [-0.15, -0.1) is 0 Å². The second-order valence-electron chi connectivity index (χ2n) is 5.36. The molecule has 1 amide bonds. The average Bonchev–Trinajstić information content (AvgIpc) is 2.52. The number of hydrogen-bond acceptors (Lipinski definition) is 3. The maximum atomic E-state index is 12.4. The Morgan fingerprint density at radius 1 is 1.27 bits per heavy atom. The Labute approximate surface area is 130 Å². The quantitative estimate of drug-likeness (QED) is 0.856. The molecule has 2 aromatic rings. The molecule has 1 aromatic carbocycles. The van der Waals surface area contributed by atoms with Gasteiger partial charge >= 0.3 is 0 Å². The minimum absolute atomic E-state index is 0.164. The number of likely N-dealkylation sites (N-methyl/N-ethyl adjacent to an activating group) is 1. The summed E-state index contributed by atoms with van der Waals surface area (Å²) in [7, 11) is 0. The molecular weight excluding hydrogens is 278 g/mol. The van der Waals surface area contributed by atoms with Crippen molar-refractivity contribution >= 4 is 16.8 Å². The first-order valence-corrected chi connectivity index (χ1v) is 7.69. The standard InChI is InChI=1S/C17H23N3O2/c1-4-20(5-2)9-8-18-17(22)14-11-19-15-7-6-12(3)10-13(15)16(14)21/h6-7,10-11H,4-5,8-9H2,1-3H3,(H,18,22)(H,19,21). The topological polar surface area (TPSA) is 65.2 Å². The number of rotatable bonds is 6. The molecule has 0 bridgehead atoms. The van der Waals surface area contributed by atoms with E-state index in [0.29, 0.717) is 11.9 Å². The van der Waals surface area contributed by atoms with Gasteiger partial charge in [0.05, 0.1) is 0 Å². The molecule has 0 aliphatic rings. The predicted octanol–water partition coefficient (Wildman–Crippen LogP) is 1.91. The molecule has 5 nitrogen and oxygen atoms in total. The van der Waals surface area contributed by atoms with Gasteiger partial charge in [-0.05, 0) is 32.1 Å². The number of pyridine rings is 1. The van der Waals surface area contributed by atoms with Crippen molar-refractivity contribution in [2.45, 2.75) is 20.8 Å². The Kier molecular flexibility index (Phi) is 5.33. The van der Waals surface area contributed by atoms with Gasteiger partial charge in [-0.3, -0.25) is 9.59 Å². The van der Waals surface area contributed by atoms with Crippen LogP contribution in [0.5, 0.6) is 0 Å². The molecule has 0 aliphatic carbocycles. The number of nitrogens with zero attached hydrogens (tertiary/aromatic N) is 1. The summed E-state index contributed by atoms with van der Waals surface area (Å²) in [6, 6.07) is 5.59. The lowest BCUT2D eigenvalue weighted by Crippen LogP contribution is -2.36. The highest BCUT2D eigenvalue weighted by Crippen LogP contribution is 2.10. The lowest BCUT2D eigenvalue weighted by atomic mass is 10.1. The molecule has 0 spiro atoms. The number of benzene rings is 1. The number of carbonyl (C=O) groups is 1. The predicted molar refractivity (Wildman–Crippen MR) is 89.4 cm³/mol. The fraction of sp³-hybridized carbons (Fsp3) is 0.412. The average molecular weight is 301 g/mol. The summed E-state index contributed by atoms with van der Waals surface area (Å²) in [6.07, 6.45) is 1.49. The normalized spacial score (nSPS) is 11.1. The molecule has 2 N–H and O–H groups in total. The van der Waals surface area contributed by atoms with Crippen LogP contribution in [0.4, 0.5) is 0 Å². The Bertz CT molecular complexity index is 717. The summed E-state index contributed by atoms with van der Waals surface area (Å²) in [5.41, 5.74) is 1.68. The van der Waals surface area contributed by atoms with Crippen molar-refractivity contribution in [1.82, 2.24) is 15.2 Å². The fourth-order valence-corrected chi connectivity index (χ4v) is 2.46. The van der Waals surface area contributed by atoms with Crippen LogP contribution >= 0.6 is 0 Å². The van der Waals surface area contributed by atoms with Crippen molar-refractivity contribution < 1.29 is 4.79 Å². The van der Waals surface area contributed by atoms with Gasteiger partial charge in [-0.2, -0.15) is 0 Å². The molecule has 0 saturated heterocycles. The zero-order valence-corrected chi connectivity index (χ0v) is 13.4. The van der Waals surface area contributed by atoms with Gasteiger partial charge in [0.2, 0.25) is 5.43 Å². The Morgan fingerprint density at radius 3 is 2.68 bits per heavy atom. The largest absolute Gasteiger partial charge is 0.360 e. The van der Waals surface area contributed by atoms with E-state index in [1.54, 1.807) is 6.07 Å². The Hall–Kier alpha value is -2.14. The van der Waals surface area contributed by atoms with Gasteiger partial charge in [0.15, 0.2) is 0 Å². The van der Waals surface area contributed by atoms with Gasteiger partial charge in [0.25, 0.3) is 5.91 Å². The molecule has 118 valence electrons. The molecule has 0 atom stereocenters. The second-order valence-corrected chi connectivity index (χ2v) is 5.36. The maximum absolute atomic E-state index is 12.4. The lowest BCUT2D eigenvalue weighted by Gasteiger charge is -2.17. The van der Waals surface area contributed by atoms with Crippen molar-refractivity contribution in [2.75, 3.05) is 26.2 Å². The van der Waals surface area contributed by atoms with Crippen molar-refractivity contribution in [3.05, 3.63) is 45.7 Å². The van der Waals surface area contributed by atoms with Crippen molar-refractivity contribution in [1.29, 1.82) is 0 Å². The molecule has 5 heteroatoms. The highest BCUT2D eigenvalue weighted by atomic mass is 16.2. The summed E-state index contributed by atoms with van der Waals surface area (Å²) >= 11 is 0. The number of aromatic nitrogens is 1. The summed E-state index contributed by atoms with van der Waals surface area (Å²) in [5, 5.41) is 3.37. The molecule has 0 fully saturated rings. The van der Waals surface area contributed by atoms with E-state index >= 15 is 0 Å². The third-order valence-electron chi connectivity index (χ3n) is 3.89. The van der Waals surface area contributed by atoms with Crippen LogP contribution in [0.2, 0.25) is 0 Å². The van der Waals surface area contributed by atoms with E-state index in [1.807, 2.05) is 19.1 Å². The first kappa shape index (κ1) is 16.2. The van der Waals surface area contributed by atoms with E-state index < -0.39 is 0 Å². The fourth-order valence-electron chi connectivity index (χ4n) is 2.46. The maximum Gasteiger partial charge on any atom is 0.256 e. The molecular formula is C17H23N3O2. The van der Waals surface area contributed by atoms with Crippen LogP contribution in [0.15, 0.2) is 29.2 Å². The van der Waals surface area contributed by atoms with E-state index in [1.165, 1.54) is 6.20 Å². The van der Waals surface area contributed by atoms with E-state index in [2.05, 4.69) is 29.0 Å². The van der Waals surface area contributed by atoms with Crippen molar-refractivity contribution in [3.63, 3.8) is 0 Å². The van der Waals surface area contributed by atoms with E-state index in [-0.39, 0.29) is 16.9 Å². The number of fused-ring (bicyclic) bond motifs is 1. The molecule has 22 heavy (non-hydrogen) atoms. The molecule has 2 rings (SSSR count). The first-order valence-electron chi connectivity index (χ1n) is 7.69. The van der Waals surface area contributed by atoms with E-state index in [4.69, 9.17) is 0 Å². The number of aromatic amines is 1. The third kappa shape index (κ3) is 3.54. The van der Waals surface area contributed by atoms with E-state index in [0.717, 1.165) is 30.7 Å². The minimum Gasteiger partial charge on any atom is -0.360 e. The van der Waals surface area contributed by atoms with Gasteiger partial charge in [-0.25, -0.2) is 0 Å². The van der Waals surface area contributed by atoms with Crippen LogP contribution in [0.25, 0.3) is 10.9 Å². The zero-order chi connectivity index (χ0) is 16.1. The second kappa shape index (κ2) is 7.22. The van der Waals surface area contributed by atoms with Crippen LogP contribution in [-0.2, 0) is 0 Å². The number of amides is 1. The minimum atomic E-state index is -0.322. The van der Waals surface area contributed by atoms with Crippen molar-refractivity contribution in [3.8, 4) is 0 Å². The highest BCUT2D eigenvalue weighted by Gasteiger charge is 2.13. The molecule has 0 saturated carbocycles. The molecule has 0 unspecified atom stereocenters. The Balaban J connectivity index is 2.15. The van der Waals surface area contributed by atoms with E-state index in [9.17, 15) is 9.59 Å². The highest BCUT2D eigenvalue weighted by molar-refractivity contribution is 5.97. The third-order valence-corrected chi connectivity index (χ3v) is 3.89. The number of carbonyl (C=O) groups excluding carboxylic acids is 1. The molecule has 0 radical (unpaired) electrons. The van der Waals surface area contributed by atoms with Gasteiger partial charge < -0.3 is 15.2 Å². The number of H-pyrrole nitrogens is 1. The Morgan fingerprint density at radius 2 is 2.00 bits per heavy atom. The SMILES string of the molecule is CCN(CC)CCNC(=O)c1c[nH]c2ccc(C)cc2c1=O. The summed E-state index contributed by atoms with van der Waals surface area (Å²) < 4.78 is 0. The van der Waals surface area contributed by atoms with Gasteiger partial charge in [0.1, 0.15) is 5.56 Å². The summed E-state index contributed by atoms with van der Waals surface area (Å²) in [6.45, 7) is 9.30. The van der Waals surface area contributed by atoms with Crippen LogP contribution in [0, 0.1) is 6.92 Å². The molecule has 0 aliphatic heterocycles. The molecule has 1 aromatic heterocycles. The number of aryl methyl sites for hydroxylation is 1. The van der Waals surface area contributed by atoms with Crippen LogP contribution in [0.3, 0.4) is 0 Å². The number of hydrogen-bond donors (Lipinski definition) is 2. The number of nitrogens with one attached hydrogen (secondary N) is 2. The molecule has 1 heterocycles. The van der Waals surface area contributed by atoms with Crippen LogP contribution in [0.1, 0.15) is 29.8 Å². The monoisotopic (exact) mass is 301 g/mol. The van der Waals surface area contributed by atoms with Crippen LogP contribution in [-0.4, -0.2) is 42.0 Å². The summed E-state index contributed by atoms with van der Waals surface area (Å²) in [5.74, 6) is -0.322. The van der Waals surface area contributed by atoms with Crippen molar-refractivity contribution in [2.24, 2.45) is 0 Å². The lowest BCUT2D eigenvalue weighted by molar-refractivity contribution is 0.0947. The first-order chi connectivity index (χ1) is 10.6. The van der Waals surface area contributed by atoms with Gasteiger partial charge in [0, 0.05) is 30.2 Å². The summed E-state index contributed by atoms with van der Waals surface area (Å²) in [4.78, 5) is 29.9. The van der Waals surface area contributed by atoms with Crippen LogP contribution < -0.4 is 10.7 Å². The smallest absolute Gasteiger partial charge is 0.256 e.